The van der Waals surface area contributed by atoms with Crippen LogP contribution >= 0.6 is 0 Å². The average molecular weight is 347 g/mol. The van der Waals surface area contributed by atoms with Gasteiger partial charge in [0.2, 0.25) is 0 Å². The minimum absolute atomic E-state index is 0.124. The minimum atomic E-state index is -3.92. The molecule has 0 aliphatic rings. The van der Waals surface area contributed by atoms with Crippen LogP contribution in [0.25, 0.3) is 0 Å². The van der Waals surface area contributed by atoms with Crippen LogP contribution < -0.4 is 4.18 Å². The van der Waals surface area contributed by atoms with Gasteiger partial charge in [-0.15, -0.1) is 0 Å². The van der Waals surface area contributed by atoms with Crippen LogP contribution in [0.15, 0.2) is 47.4 Å². The van der Waals surface area contributed by atoms with Gasteiger partial charge in [-0.2, -0.15) is 8.42 Å². The van der Waals surface area contributed by atoms with Crippen molar-refractivity contribution in [1.82, 2.24) is 4.90 Å². The number of aryl methyl sites for hydroxylation is 2. The van der Waals surface area contributed by atoms with Gasteiger partial charge in [-0.3, -0.25) is 4.79 Å². The van der Waals surface area contributed by atoms with Crippen molar-refractivity contribution in [3.63, 3.8) is 0 Å². The SMILES string of the molecule is CCN(C)C(=O)c1ccc(OS(=O)(=O)c2cc(C)ccc2C)cc1. The summed E-state index contributed by atoms with van der Waals surface area (Å²) < 4.78 is 30.1. The Kier molecular flexibility index (Phi) is 5.29. The van der Waals surface area contributed by atoms with Crippen LogP contribution in [0.3, 0.4) is 0 Å². The third kappa shape index (κ3) is 3.94. The highest BCUT2D eigenvalue weighted by Gasteiger charge is 2.20. The number of carbonyl (C=O) groups excluding carboxylic acids is 1. The third-order valence-corrected chi connectivity index (χ3v) is 5.13. The number of benzene rings is 2. The largest absolute Gasteiger partial charge is 0.379 e. The van der Waals surface area contributed by atoms with E-state index >= 15 is 0 Å². The molecule has 128 valence electrons. The van der Waals surface area contributed by atoms with Crippen LogP contribution in [0.5, 0.6) is 5.75 Å². The van der Waals surface area contributed by atoms with E-state index in [9.17, 15) is 13.2 Å². The Morgan fingerprint density at radius 1 is 1.08 bits per heavy atom. The lowest BCUT2D eigenvalue weighted by Crippen LogP contribution is -2.26. The van der Waals surface area contributed by atoms with Gasteiger partial charge in [-0.1, -0.05) is 12.1 Å². The maximum Gasteiger partial charge on any atom is 0.339 e. The van der Waals surface area contributed by atoms with E-state index in [0.717, 1.165) is 5.56 Å². The smallest absolute Gasteiger partial charge is 0.339 e. The predicted molar refractivity (Wildman–Crippen MR) is 92.8 cm³/mol. The van der Waals surface area contributed by atoms with Gasteiger partial charge < -0.3 is 9.08 Å². The molecule has 1 amide bonds. The fraction of sp³-hybridized carbons (Fsp3) is 0.278. The van der Waals surface area contributed by atoms with Gasteiger partial charge in [-0.25, -0.2) is 0 Å². The quantitative estimate of drug-likeness (QED) is 0.780. The lowest BCUT2D eigenvalue weighted by Gasteiger charge is -2.14. The molecule has 0 aromatic heterocycles. The van der Waals surface area contributed by atoms with E-state index in [0.29, 0.717) is 17.7 Å². The highest BCUT2D eigenvalue weighted by atomic mass is 32.2. The Bertz CT molecular complexity index is 842. The van der Waals surface area contributed by atoms with Crippen molar-refractivity contribution < 1.29 is 17.4 Å². The Balaban J connectivity index is 2.24. The summed E-state index contributed by atoms with van der Waals surface area (Å²) in [5.74, 6) is 0.0491. The van der Waals surface area contributed by atoms with Crippen LogP contribution in [-0.2, 0) is 10.1 Å². The van der Waals surface area contributed by atoms with Crippen LogP contribution in [0.2, 0.25) is 0 Å². The van der Waals surface area contributed by atoms with E-state index in [-0.39, 0.29) is 16.6 Å². The zero-order valence-electron chi connectivity index (χ0n) is 14.2. The van der Waals surface area contributed by atoms with Crippen molar-refractivity contribution in [2.45, 2.75) is 25.7 Å². The summed E-state index contributed by atoms with van der Waals surface area (Å²) in [7, 11) is -2.21. The molecular formula is C18H21NO4S. The summed E-state index contributed by atoms with van der Waals surface area (Å²) in [5, 5.41) is 0. The van der Waals surface area contributed by atoms with Crippen molar-refractivity contribution in [2.75, 3.05) is 13.6 Å². The van der Waals surface area contributed by atoms with Gasteiger partial charge in [0.1, 0.15) is 10.6 Å². The van der Waals surface area contributed by atoms with E-state index in [1.165, 1.54) is 12.1 Å². The van der Waals surface area contributed by atoms with Gasteiger partial charge >= 0.3 is 10.1 Å². The molecule has 24 heavy (non-hydrogen) atoms. The number of rotatable bonds is 5. The molecule has 6 heteroatoms. The molecule has 0 bridgehead atoms. The topological polar surface area (TPSA) is 63.7 Å². The Morgan fingerprint density at radius 2 is 1.71 bits per heavy atom. The van der Waals surface area contributed by atoms with Gasteiger partial charge in [-0.05, 0) is 62.2 Å². The van der Waals surface area contributed by atoms with Gasteiger partial charge in [0.15, 0.2) is 0 Å². The molecule has 0 saturated heterocycles. The maximum absolute atomic E-state index is 12.5. The van der Waals surface area contributed by atoms with Crippen LogP contribution in [0.4, 0.5) is 0 Å². The first kappa shape index (κ1) is 18.0. The Labute approximate surface area is 143 Å². The second-order valence-corrected chi connectivity index (χ2v) is 7.16. The lowest BCUT2D eigenvalue weighted by atomic mass is 10.2. The molecule has 0 aliphatic heterocycles. The van der Waals surface area contributed by atoms with Gasteiger partial charge in [0, 0.05) is 19.2 Å². The number of hydrogen-bond acceptors (Lipinski definition) is 4. The van der Waals surface area contributed by atoms with Crippen molar-refractivity contribution in [1.29, 1.82) is 0 Å². The van der Waals surface area contributed by atoms with Crippen molar-refractivity contribution in [2.24, 2.45) is 0 Å². The molecule has 0 aliphatic carbocycles. The second kappa shape index (κ2) is 7.05. The molecule has 0 atom stereocenters. The first-order valence-corrected chi connectivity index (χ1v) is 9.02. The van der Waals surface area contributed by atoms with E-state index in [4.69, 9.17) is 4.18 Å². The molecule has 0 spiro atoms. The normalized spacial score (nSPS) is 11.2. The monoisotopic (exact) mass is 347 g/mol. The molecule has 0 N–H and O–H groups in total. The first-order valence-electron chi connectivity index (χ1n) is 7.62. The van der Waals surface area contributed by atoms with E-state index in [1.54, 1.807) is 43.1 Å². The molecular weight excluding hydrogens is 326 g/mol. The molecule has 0 heterocycles. The molecule has 2 aromatic carbocycles. The third-order valence-electron chi connectivity index (χ3n) is 3.74. The first-order chi connectivity index (χ1) is 11.2. The van der Waals surface area contributed by atoms with Gasteiger partial charge in [0.25, 0.3) is 5.91 Å². The molecule has 0 unspecified atom stereocenters. The summed E-state index contributed by atoms with van der Waals surface area (Å²) >= 11 is 0. The van der Waals surface area contributed by atoms with E-state index < -0.39 is 10.1 Å². The molecule has 5 nitrogen and oxygen atoms in total. The minimum Gasteiger partial charge on any atom is -0.379 e. The molecule has 2 rings (SSSR count). The fourth-order valence-electron chi connectivity index (χ4n) is 2.17. The second-order valence-electron chi connectivity index (χ2n) is 5.65. The average Bonchev–Trinajstić information content (AvgIpc) is 2.56. The highest BCUT2D eigenvalue weighted by molar-refractivity contribution is 7.87. The standard InChI is InChI=1S/C18H21NO4S/c1-5-19(4)18(20)15-8-10-16(11-9-15)23-24(21,22)17-12-13(2)6-7-14(17)3/h6-12H,5H2,1-4H3. The van der Waals surface area contributed by atoms with E-state index in [1.807, 2.05) is 19.9 Å². The van der Waals surface area contributed by atoms with Crippen molar-refractivity contribution in [3.05, 3.63) is 59.2 Å². The lowest BCUT2D eigenvalue weighted by molar-refractivity contribution is 0.0802. The number of amides is 1. The molecule has 2 aromatic rings. The summed E-state index contributed by atoms with van der Waals surface area (Å²) in [6.45, 7) is 6.02. The fourth-order valence-corrected chi connectivity index (χ4v) is 3.41. The number of hydrogen-bond donors (Lipinski definition) is 0. The van der Waals surface area contributed by atoms with Crippen molar-refractivity contribution in [3.8, 4) is 5.75 Å². The van der Waals surface area contributed by atoms with Crippen LogP contribution in [0, 0.1) is 13.8 Å². The molecule has 0 fully saturated rings. The zero-order chi connectivity index (χ0) is 17.9. The number of carbonyl (C=O) groups is 1. The summed E-state index contributed by atoms with van der Waals surface area (Å²) in [6, 6.07) is 11.3. The Morgan fingerprint density at radius 3 is 2.29 bits per heavy atom. The van der Waals surface area contributed by atoms with E-state index in [2.05, 4.69) is 0 Å². The van der Waals surface area contributed by atoms with Crippen LogP contribution in [-0.4, -0.2) is 32.8 Å². The van der Waals surface area contributed by atoms with Gasteiger partial charge in [0.05, 0.1) is 0 Å². The zero-order valence-corrected chi connectivity index (χ0v) is 15.1. The summed E-state index contributed by atoms with van der Waals surface area (Å²) in [5.41, 5.74) is 1.94. The predicted octanol–water partition coefficient (Wildman–Crippen LogP) is 3.16. The van der Waals surface area contributed by atoms with Crippen LogP contribution in [0.1, 0.15) is 28.4 Å². The summed E-state index contributed by atoms with van der Waals surface area (Å²) in [4.78, 5) is 13.8. The maximum atomic E-state index is 12.5. The Hall–Kier alpha value is -2.34. The molecule has 0 radical (unpaired) electrons. The number of nitrogens with zero attached hydrogens (tertiary/aromatic N) is 1. The highest BCUT2D eigenvalue weighted by Crippen LogP contribution is 2.23. The van der Waals surface area contributed by atoms with Crippen molar-refractivity contribution >= 4 is 16.0 Å². The summed E-state index contributed by atoms with van der Waals surface area (Å²) in [6.07, 6.45) is 0. The molecule has 0 saturated carbocycles.